The number of likely N-dealkylation sites (tertiary alicyclic amines) is 1. The number of nitrogens with zero attached hydrogens (tertiary/aromatic N) is 1. The SMILES string of the molecule is CCCCN1CCCCC1.COC(=O)O. The lowest BCUT2D eigenvalue weighted by Gasteiger charge is -2.25. The molecule has 0 spiro atoms. The Hall–Kier alpha value is -0.770. The zero-order valence-corrected chi connectivity index (χ0v) is 9.87. The first-order valence-electron chi connectivity index (χ1n) is 5.70. The van der Waals surface area contributed by atoms with E-state index >= 15 is 0 Å². The summed E-state index contributed by atoms with van der Waals surface area (Å²) in [7, 11) is 1.10. The van der Waals surface area contributed by atoms with Crippen LogP contribution in [0.1, 0.15) is 39.0 Å². The van der Waals surface area contributed by atoms with Crippen LogP contribution < -0.4 is 0 Å². The molecule has 1 aliphatic rings. The predicted molar refractivity (Wildman–Crippen MR) is 60.2 cm³/mol. The van der Waals surface area contributed by atoms with E-state index in [-0.39, 0.29) is 0 Å². The molecule has 0 unspecified atom stereocenters. The zero-order valence-electron chi connectivity index (χ0n) is 9.87. The normalized spacial score (nSPS) is 16.4. The van der Waals surface area contributed by atoms with Crippen molar-refractivity contribution in [3.8, 4) is 0 Å². The number of hydrogen-bond acceptors (Lipinski definition) is 3. The molecule has 4 nitrogen and oxygen atoms in total. The van der Waals surface area contributed by atoms with Gasteiger partial charge in [0.25, 0.3) is 0 Å². The highest BCUT2D eigenvalue weighted by Gasteiger charge is 2.07. The van der Waals surface area contributed by atoms with E-state index in [0.29, 0.717) is 0 Å². The Morgan fingerprint density at radius 3 is 2.27 bits per heavy atom. The third-order valence-electron chi connectivity index (χ3n) is 2.45. The summed E-state index contributed by atoms with van der Waals surface area (Å²) in [6, 6.07) is 0. The molecule has 4 heteroatoms. The molecule has 1 saturated heterocycles. The molecule has 0 aromatic carbocycles. The third kappa shape index (κ3) is 9.53. The Kier molecular flexibility index (Phi) is 9.27. The average molecular weight is 217 g/mol. The van der Waals surface area contributed by atoms with E-state index in [4.69, 9.17) is 9.90 Å². The first kappa shape index (κ1) is 14.2. The van der Waals surface area contributed by atoms with E-state index < -0.39 is 6.16 Å². The molecule has 1 heterocycles. The smallest absolute Gasteiger partial charge is 0.450 e. The van der Waals surface area contributed by atoms with Crippen molar-refractivity contribution < 1.29 is 14.6 Å². The summed E-state index contributed by atoms with van der Waals surface area (Å²) >= 11 is 0. The Morgan fingerprint density at radius 2 is 1.87 bits per heavy atom. The molecule has 0 atom stereocenters. The largest absolute Gasteiger partial charge is 0.505 e. The fraction of sp³-hybridized carbons (Fsp3) is 0.909. The molecule has 0 saturated carbocycles. The number of piperidine rings is 1. The molecule has 1 fully saturated rings. The van der Waals surface area contributed by atoms with Gasteiger partial charge in [-0.2, -0.15) is 0 Å². The second-order valence-corrected chi connectivity index (χ2v) is 3.73. The van der Waals surface area contributed by atoms with Gasteiger partial charge in [0.1, 0.15) is 0 Å². The number of carboxylic acid groups (broad SMARTS) is 1. The number of rotatable bonds is 3. The Balaban J connectivity index is 0.000000336. The highest BCUT2D eigenvalue weighted by molar-refractivity contribution is 5.56. The van der Waals surface area contributed by atoms with Crippen molar-refractivity contribution in [3.63, 3.8) is 0 Å². The van der Waals surface area contributed by atoms with Gasteiger partial charge in [0.2, 0.25) is 0 Å². The Morgan fingerprint density at radius 1 is 1.33 bits per heavy atom. The summed E-state index contributed by atoms with van der Waals surface area (Å²) in [5.41, 5.74) is 0. The van der Waals surface area contributed by atoms with Gasteiger partial charge in [-0.1, -0.05) is 19.8 Å². The second-order valence-electron chi connectivity index (χ2n) is 3.73. The summed E-state index contributed by atoms with van der Waals surface area (Å²) in [5.74, 6) is 0. The fourth-order valence-corrected chi connectivity index (χ4v) is 1.56. The number of ether oxygens (including phenoxy) is 1. The lowest BCUT2D eigenvalue weighted by Crippen LogP contribution is -2.30. The molecular formula is C11H23NO3. The summed E-state index contributed by atoms with van der Waals surface area (Å²) in [4.78, 5) is 11.8. The molecule has 1 aliphatic heterocycles. The molecular weight excluding hydrogens is 194 g/mol. The topological polar surface area (TPSA) is 49.8 Å². The lowest BCUT2D eigenvalue weighted by molar-refractivity contribution is 0.114. The van der Waals surface area contributed by atoms with Crippen LogP contribution in [0, 0.1) is 0 Å². The third-order valence-corrected chi connectivity index (χ3v) is 2.45. The van der Waals surface area contributed by atoms with Crippen LogP contribution in [-0.2, 0) is 4.74 Å². The Bertz CT molecular complexity index is 156. The van der Waals surface area contributed by atoms with Crippen molar-refractivity contribution in [3.05, 3.63) is 0 Å². The molecule has 0 aromatic rings. The van der Waals surface area contributed by atoms with Gasteiger partial charge in [-0.15, -0.1) is 0 Å². The van der Waals surface area contributed by atoms with E-state index in [2.05, 4.69) is 16.6 Å². The van der Waals surface area contributed by atoms with Gasteiger partial charge in [-0.05, 0) is 38.9 Å². The van der Waals surface area contributed by atoms with Crippen molar-refractivity contribution in [2.45, 2.75) is 39.0 Å². The molecule has 0 amide bonds. The zero-order chi connectivity index (χ0) is 11.5. The first-order chi connectivity index (χ1) is 7.20. The van der Waals surface area contributed by atoms with Crippen molar-refractivity contribution in [1.29, 1.82) is 0 Å². The molecule has 0 aliphatic carbocycles. The van der Waals surface area contributed by atoms with Gasteiger partial charge >= 0.3 is 6.16 Å². The molecule has 90 valence electrons. The van der Waals surface area contributed by atoms with Gasteiger partial charge in [0, 0.05) is 0 Å². The average Bonchev–Trinajstić information content (AvgIpc) is 2.28. The van der Waals surface area contributed by atoms with Crippen LogP contribution in [0.5, 0.6) is 0 Å². The summed E-state index contributed by atoms with van der Waals surface area (Å²) in [5, 5.41) is 7.50. The van der Waals surface area contributed by atoms with E-state index in [1.807, 2.05) is 0 Å². The predicted octanol–water partition coefficient (Wildman–Crippen LogP) is 2.58. The monoisotopic (exact) mass is 217 g/mol. The molecule has 0 aromatic heterocycles. The van der Waals surface area contributed by atoms with Crippen LogP contribution >= 0.6 is 0 Å². The minimum absolute atomic E-state index is 1.10. The fourth-order valence-electron chi connectivity index (χ4n) is 1.56. The van der Waals surface area contributed by atoms with Crippen molar-refractivity contribution in [2.75, 3.05) is 26.7 Å². The second kappa shape index (κ2) is 9.77. The summed E-state index contributed by atoms with van der Waals surface area (Å²) in [6.45, 7) is 6.33. The number of hydrogen-bond donors (Lipinski definition) is 1. The van der Waals surface area contributed by atoms with Gasteiger partial charge < -0.3 is 14.7 Å². The van der Waals surface area contributed by atoms with E-state index in [9.17, 15) is 0 Å². The van der Waals surface area contributed by atoms with Crippen LogP contribution in [0.2, 0.25) is 0 Å². The van der Waals surface area contributed by atoms with Crippen molar-refractivity contribution >= 4 is 6.16 Å². The van der Waals surface area contributed by atoms with Crippen LogP contribution in [0.25, 0.3) is 0 Å². The van der Waals surface area contributed by atoms with Crippen LogP contribution in [0.3, 0.4) is 0 Å². The van der Waals surface area contributed by atoms with Gasteiger partial charge in [-0.25, -0.2) is 4.79 Å². The number of methoxy groups -OCH3 is 1. The number of carbonyl (C=O) groups is 1. The van der Waals surface area contributed by atoms with Crippen molar-refractivity contribution in [2.24, 2.45) is 0 Å². The van der Waals surface area contributed by atoms with E-state index in [0.717, 1.165) is 7.11 Å². The van der Waals surface area contributed by atoms with Crippen LogP contribution in [0.15, 0.2) is 0 Å². The Labute approximate surface area is 92.2 Å². The first-order valence-corrected chi connectivity index (χ1v) is 5.70. The van der Waals surface area contributed by atoms with Gasteiger partial charge in [0.05, 0.1) is 7.11 Å². The minimum atomic E-state index is -1.25. The maximum absolute atomic E-state index is 9.15. The standard InChI is InChI=1S/C9H19N.C2H4O3/c1-2-3-7-10-8-5-4-6-9-10;1-5-2(3)4/h2-9H2,1H3;1H3,(H,3,4). The quantitative estimate of drug-likeness (QED) is 0.738. The summed E-state index contributed by atoms with van der Waals surface area (Å²) in [6.07, 6.45) is 5.82. The molecule has 1 N–H and O–H groups in total. The van der Waals surface area contributed by atoms with Crippen molar-refractivity contribution in [1.82, 2.24) is 4.90 Å². The highest BCUT2D eigenvalue weighted by Crippen LogP contribution is 2.08. The molecule has 0 bridgehead atoms. The van der Waals surface area contributed by atoms with Crippen LogP contribution in [0.4, 0.5) is 4.79 Å². The minimum Gasteiger partial charge on any atom is -0.450 e. The highest BCUT2D eigenvalue weighted by atomic mass is 16.6. The van der Waals surface area contributed by atoms with Gasteiger partial charge in [0.15, 0.2) is 0 Å². The lowest BCUT2D eigenvalue weighted by atomic mass is 10.1. The molecule has 15 heavy (non-hydrogen) atoms. The summed E-state index contributed by atoms with van der Waals surface area (Å²) < 4.78 is 3.67. The molecule has 0 radical (unpaired) electrons. The van der Waals surface area contributed by atoms with Gasteiger partial charge in [-0.3, -0.25) is 0 Å². The maximum atomic E-state index is 9.15. The van der Waals surface area contributed by atoms with Crippen LogP contribution in [-0.4, -0.2) is 42.9 Å². The van der Waals surface area contributed by atoms with E-state index in [1.165, 1.54) is 51.7 Å². The number of unbranched alkanes of at least 4 members (excludes halogenated alkanes) is 1. The maximum Gasteiger partial charge on any atom is 0.505 e. The van der Waals surface area contributed by atoms with E-state index in [1.54, 1.807) is 0 Å². The molecule has 1 rings (SSSR count).